The Morgan fingerprint density at radius 2 is 1.77 bits per heavy atom. The van der Waals surface area contributed by atoms with Gasteiger partial charge in [0.05, 0.1) is 16.9 Å². The van der Waals surface area contributed by atoms with Crippen molar-refractivity contribution in [2.75, 3.05) is 0 Å². The lowest BCUT2D eigenvalue weighted by atomic mass is 10.1. The zero-order chi connectivity index (χ0) is 21.4. The molecule has 5 rings (SSSR count). The van der Waals surface area contributed by atoms with E-state index in [2.05, 4.69) is 10.1 Å². The van der Waals surface area contributed by atoms with Crippen LogP contribution in [0, 0.1) is 0 Å². The minimum Gasteiger partial charge on any atom is -0.408 e. The zero-order valence-electron chi connectivity index (χ0n) is 16.7. The summed E-state index contributed by atoms with van der Waals surface area (Å²) in [5, 5.41) is 4.61. The lowest BCUT2D eigenvalue weighted by molar-refractivity contribution is 0.0988. The molecule has 0 atom stereocenters. The molecule has 31 heavy (non-hydrogen) atoms. The number of Topliss-reactive ketones (excluding diaryl/α,β-unsaturated/α-hetero) is 1. The van der Waals surface area contributed by atoms with Crippen molar-refractivity contribution < 1.29 is 9.21 Å². The molecule has 0 unspecified atom stereocenters. The van der Waals surface area contributed by atoms with Crippen LogP contribution in [-0.4, -0.2) is 25.1 Å². The SMILES string of the molecule is Cn1c(=O)oc2ccc(CC(=O)c3cc(-c4ccncc4)n(-c4ccccc4)n3)cc21. The fourth-order valence-corrected chi connectivity index (χ4v) is 3.57. The van der Waals surface area contributed by atoms with Crippen molar-refractivity contribution >= 4 is 16.9 Å². The monoisotopic (exact) mass is 410 g/mol. The first kappa shape index (κ1) is 18.7. The molecule has 5 aromatic rings. The summed E-state index contributed by atoms with van der Waals surface area (Å²) in [4.78, 5) is 28.9. The molecule has 3 heterocycles. The molecule has 7 heteroatoms. The topological polar surface area (TPSA) is 82.9 Å². The summed E-state index contributed by atoms with van der Waals surface area (Å²) < 4.78 is 8.36. The van der Waals surface area contributed by atoms with E-state index in [9.17, 15) is 9.59 Å². The number of carbonyl (C=O) groups excluding carboxylic acids is 1. The van der Waals surface area contributed by atoms with Crippen molar-refractivity contribution in [3.63, 3.8) is 0 Å². The Hall–Kier alpha value is -4.26. The Kier molecular flexibility index (Phi) is 4.55. The lowest BCUT2D eigenvalue weighted by Gasteiger charge is -2.06. The number of hydrogen-bond acceptors (Lipinski definition) is 5. The number of ketones is 1. The number of pyridine rings is 1. The number of para-hydroxylation sites is 1. The van der Waals surface area contributed by atoms with E-state index in [1.807, 2.05) is 42.5 Å². The fraction of sp³-hybridized carbons (Fsp3) is 0.0833. The van der Waals surface area contributed by atoms with Crippen LogP contribution in [0.15, 0.2) is 88.3 Å². The van der Waals surface area contributed by atoms with Crippen LogP contribution in [0.2, 0.25) is 0 Å². The van der Waals surface area contributed by atoms with E-state index in [0.29, 0.717) is 16.8 Å². The Morgan fingerprint density at radius 3 is 2.55 bits per heavy atom. The number of benzene rings is 2. The van der Waals surface area contributed by atoms with Gasteiger partial charge in [-0.3, -0.25) is 14.3 Å². The average molecular weight is 410 g/mol. The molecule has 0 radical (unpaired) electrons. The molecule has 0 aliphatic heterocycles. The van der Waals surface area contributed by atoms with Gasteiger partial charge in [-0.05, 0) is 48.0 Å². The van der Waals surface area contributed by atoms with Crippen molar-refractivity contribution in [3.05, 3.63) is 101 Å². The number of hydrogen-bond donors (Lipinski definition) is 0. The smallest absolute Gasteiger partial charge is 0.408 e. The van der Waals surface area contributed by atoms with Gasteiger partial charge < -0.3 is 4.42 Å². The number of oxazole rings is 1. The summed E-state index contributed by atoms with van der Waals surface area (Å²) in [6.45, 7) is 0. The minimum absolute atomic E-state index is 0.113. The van der Waals surface area contributed by atoms with Gasteiger partial charge in [0.2, 0.25) is 0 Å². The third-order valence-electron chi connectivity index (χ3n) is 5.19. The predicted molar refractivity (Wildman–Crippen MR) is 116 cm³/mol. The van der Waals surface area contributed by atoms with Gasteiger partial charge in [0.25, 0.3) is 0 Å². The second-order valence-electron chi connectivity index (χ2n) is 7.23. The van der Waals surface area contributed by atoms with E-state index in [1.165, 1.54) is 4.57 Å². The maximum absolute atomic E-state index is 13.1. The molecule has 152 valence electrons. The molecule has 3 aromatic heterocycles. The number of fused-ring (bicyclic) bond motifs is 1. The Labute approximate surface area is 177 Å². The molecule has 0 bridgehead atoms. The van der Waals surface area contributed by atoms with Gasteiger partial charge in [0, 0.05) is 31.4 Å². The largest absolute Gasteiger partial charge is 0.419 e. The van der Waals surface area contributed by atoms with Gasteiger partial charge in [-0.1, -0.05) is 24.3 Å². The summed E-state index contributed by atoms with van der Waals surface area (Å²) in [5.41, 5.74) is 4.90. The van der Waals surface area contributed by atoms with E-state index in [4.69, 9.17) is 4.42 Å². The lowest BCUT2D eigenvalue weighted by Crippen LogP contribution is -2.09. The standard InChI is InChI=1S/C24H18N4O3/c1-27-21-13-16(7-8-23(21)31-24(27)30)14-22(29)19-15-20(17-9-11-25-12-10-17)28(26-19)18-5-3-2-4-6-18/h2-13,15H,14H2,1H3. The highest BCUT2D eigenvalue weighted by atomic mass is 16.4. The Bertz CT molecular complexity index is 1390. The molecular formula is C24H18N4O3. The van der Waals surface area contributed by atoms with Crippen LogP contribution in [0.3, 0.4) is 0 Å². The van der Waals surface area contributed by atoms with Crippen molar-refractivity contribution in [1.29, 1.82) is 0 Å². The molecule has 0 spiro atoms. The van der Waals surface area contributed by atoms with E-state index in [1.54, 1.807) is 48.4 Å². The van der Waals surface area contributed by atoms with Gasteiger partial charge in [0.15, 0.2) is 11.4 Å². The average Bonchev–Trinajstić information content (AvgIpc) is 3.37. The van der Waals surface area contributed by atoms with Gasteiger partial charge in [-0.25, -0.2) is 9.48 Å². The molecule has 0 saturated carbocycles. The van der Waals surface area contributed by atoms with E-state index >= 15 is 0 Å². The van der Waals surface area contributed by atoms with E-state index in [0.717, 1.165) is 22.5 Å². The predicted octanol–water partition coefficient (Wildman–Crippen LogP) is 3.80. The fourth-order valence-electron chi connectivity index (χ4n) is 3.57. The molecule has 0 aliphatic carbocycles. The van der Waals surface area contributed by atoms with Crippen molar-refractivity contribution in [1.82, 2.24) is 19.3 Å². The van der Waals surface area contributed by atoms with Crippen molar-refractivity contribution in [2.45, 2.75) is 6.42 Å². The van der Waals surface area contributed by atoms with Gasteiger partial charge in [-0.15, -0.1) is 0 Å². The summed E-state index contributed by atoms with van der Waals surface area (Å²) in [6, 6.07) is 20.6. The third kappa shape index (κ3) is 3.46. The molecule has 0 aliphatic rings. The van der Waals surface area contributed by atoms with Crippen LogP contribution in [-0.2, 0) is 13.5 Å². The summed E-state index contributed by atoms with van der Waals surface area (Å²) in [5.74, 6) is -0.542. The molecule has 0 N–H and O–H groups in total. The number of carbonyl (C=O) groups is 1. The Morgan fingerprint density at radius 1 is 1.00 bits per heavy atom. The first-order valence-electron chi connectivity index (χ1n) is 9.78. The molecule has 0 fully saturated rings. The van der Waals surface area contributed by atoms with Gasteiger partial charge in [-0.2, -0.15) is 5.10 Å². The Balaban J connectivity index is 1.53. The van der Waals surface area contributed by atoms with E-state index in [-0.39, 0.29) is 12.2 Å². The van der Waals surface area contributed by atoms with Crippen LogP contribution < -0.4 is 5.76 Å². The first-order valence-corrected chi connectivity index (χ1v) is 9.78. The zero-order valence-corrected chi connectivity index (χ0v) is 16.7. The van der Waals surface area contributed by atoms with Crippen LogP contribution in [0.4, 0.5) is 0 Å². The maximum Gasteiger partial charge on any atom is 0.419 e. The molecule has 0 amide bonds. The van der Waals surface area contributed by atoms with Crippen LogP contribution >= 0.6 is 0 Å². The second kappa shape index (κ2) is 7.53. The van der Waals surface area contributed by atoms with E-state index < -0.39 is 5.76 Å². The number of aryl methyl sites for hydroxylation is 1. The highest BCUT2D eigenvalue weighted by Gasteiger charge is 2.18. The molecule has 7 nitrogen and oxygen atoms in total. The maximum atomic E-state index is 13.1. The van der Waals surface area contributed by atoms with Gasteiger partial charge in [0.1, 0.15) is 5.69 Å². The summed E-state index contributed by atoms with van der Waals surface area (Å²) in [6.07, 6.45) is 3.59. The summed E-state index contributed by atoms with van der Waals surface area (Å²) in [7, 11) is 1.64. The number of aromatic nitrogens is 4. The van der Waals surface area contributed by atoms with Crippen LogP contribution in [0.5, 0.6) is 0 Å². The highest BCUT2D eigenvalue weighted by Crippen LogP contribution is 2.24. The quantitative estimate of drug-likeness (QED) is 0.412. The highest BCUT2D eigenvalue weighted by molar-refractivity contribution is 5.97. The van der Waals surface area contributed by atoms with Gasteiger partial charge >= 0.3 is 5.76 Å². The first-order chi connectivity index (χ1) is 15.1. The number of nitrogens with zero attached hydrogens (tertiary/aromatic N) is 4. The third-order valence-corrected chi connectivity index (χ3v) is 5.19. The minimum atomic E-state index is -0.429. The normalized spacial score (nSPS) is 11.1. The van der Waals surface area contributed by atoms with Crippen molar-refractivity contribution in [2.24, 2.45) is 7.05 Å². The molecule has 2 aromatic carbocycles. The molecule has 0 saturated heterocycles. The number of rotatable bonds is 5. The van der Waals surface area contributed by atoms with Crippen molar-refractivity contribution in [3.8, 4) is 16.9 Å². The summed E-state index contributed by atoms with van der Waals surface area (Å²) >= 11 is 0. The molecular weight excluding hydrogens is 392 g/mol. The van der Waals surface area contributed by atoms with Crippen LogP contribution in [0.1, 0.15) is 16.1 Å². The van der Waals surface area contributed by atoms with Crippen LogP contribution in [0.25, 0.3) is 28.0 Å². The second-order valence-corrected chi connectivity index (χ2v) is 7.23.